The van der Waals surface area contributed by atoms with Gasteiger partial charge in [-0.2, -0.15) is 0 Å². The smallest absolute Gasteiger partial charge is 0.242 e. The van der Waals surface area contributed by atoms with Crippen LogP contribution >= 0.6 is 0 Å². The second kappa shape index (κ2) is 12.0. The van der Waals surface area contributed by atoms with Crippen molar-refractivity contribution in [2.75, 3.05) is 6.54 Å². The van der Waals surface area contributed by atoms with Crippen molar-refractivity contribution in [3.8, 4) is 0 Å². The number of β-lactam (4-membered cyclic amide) rings is 1. The standard InChI is InChI=1S/C25H29FN2O4S/c1-18(28-23(30)16-24(28)33(32)17-19-8-4-2-5-9-19)25(31)27-15-7-3-6-10-22(29)20-11-13-21(26)14-12-20/h2,4-5,8-9,11-14,18,24H,3,6-7,10,15-17H2,1H3,(H,27,31). The van der Waals surface area contributed by atoms with Crippen LogP contribution in [0.4, 0.5) is 4.39 Å². The topological polar surface area (TPSA) is 89.5 Å². The Kier molecular flexibility index (Phi) is 9.03. The highest BCUT2D eigenvalue weighted by molar-refractivity contribution is 7.91. The molecular weight excluding hydrogens is 443 g/mol. The molecule has 0 spiro atoms. The Bertz CT molecular complexity index is 955. The Morgan fingerprint density at radius 3 is 2.48 bits per heavy atom. The summed E-state index contributed by atoms with van der Waals surface area (Å²) in [5.41, 5.74) is 1.43. The summed E-state index contributed by atoms with van der Waals surface area (Å²) in [6, 6.07) is 14.3. The van der Waals surface area contributed by atoms with Crippen LogP contribution in [0.5, 0.6) is 0 Å². The molecule has 3 atom stereocenters. The third kappa shape index (κ3) is 6.88. The molecule has 1 heterocycles. The second-order valence-electron chi connectivity index (χ2n) is 8.18. The van der Waals surface area contributed by atoms with E-state index in [1.807, 2.05) is 30.3 Å². The molecule has 0 saturated carbocycles. The molecule has 6 nitrogen and oxygen atoms in total. The van der Waals surface area contributed by atoms with Crippen molar-refractivity contribution >= 4 is 28.8 Å². The molecule has 1 aliphatic rings. The lowest BCUT2D eigenvalue weighted by atomic mass is 10.0. The van der Waals surface area contributed by atoms with E-state index in [1.54, 1.807) is 6.92 Å². The van der Waals surface area contributed by atoms with E-state index in [4.69, 9.17) is 0 Å². The van der Waals surface area contributed by atoms with Gasteiger partial charge in [-0.3, -0.25) is 19.3 Å². The van der Waals surface area contributed by atoms with Crippen LogP contribution in [0.2, 0.25) is 0 Å². The van der Waals surface area contributed by atoms with Crippen molar-refractivity contribution in [2.24, 2.45) is 0 Å². The van der Waals surface area contributed by atoms with Gasteiger partial charge in [0.25, 0.3) is 0 Å². The van der Waals surface area contributed by atoms with E-state index in [0.717, 1.165) is 12.0 Å². The first kappa shape index (κ1) is 24.9. The molecule has 0 radical (unpaired) electrons. The van der Waals surface area contributed by atoms with Crippen LogP contribution in [0.3, 0.4) is 0 Å². The zero-order chi connectivity index (χ0) is 23.8. The van der Waals surface area contributed by atoms with E-state index in [9.17, 15) is 23.3 Å². The number of carbonyl (C=O) groups excluding carboxylic acids is 3. The number of ketones is 1. The van der Waals surface area contributed by atoms with E-state index < -0.39 is 22.6 Å². The van der Waals surface area contributed by atoms with Crippen molar-refractivity contribution in [1.29, 1.82) is 0 Å². The highest BCUT2D eigenvalue weighted by Crippen LogP contribution is 2.29. The number of halogens is 1. The Balaban J connectivity index is 1.35. The molecule has 0 bridgehead atoms. The predicted molar refractivity (Wildman–Crippen MR) is 125 cm³/mol. The summed E-state index contributed by atoms with van der Waals surface area (Å²) in [5, 5.41) is 2.38. The van der Waals surface area contributed by atoms with Crippen LogP contribution in [-0.2, 0) is 26.5 Å². The molecule has 2 aromatic carbocycles. The molecule has 8 heteroatoms. The number of amides is 2. The van der Waals surface area contributed by atoms with E-state index in [2.05, 4.69) is 5.32 Å². The molecule has 1 fully saturated rings. The SMILES string of the molecule is CC(C(=O)NCCCCCC(=O)c1ccc(F)cc1)N1C(=O)CC1[S+]([O-])Cc1ccccc1. The molecule has 0 aliphatic carbocycles. The number of nitrogens with one attached hydrogen (secondary N) is 1. The first-order chi connectivity index (χ1) is 15.9. The molecule has 1 aliphatic heterocycles. The van der Waals surface area contributed by atoms with Crippen LogP contribution in [-0.4, -0.2) is 45.0 Å². The first-order valence-corrected chi connectivity index (χ1v) is 12.5. The normalized spacial score (nSPS) is 17.2. The average Bonchev–Trinajstić information content (AvgIpc) is 2.80. The highest BCUT2D eigenvalue weighted by Gasteiger charge is 2.48. The van der Waals surface area contributed by atoms with Gasteiger partial charge in [0.15, 0.2) is 11.2 Å². The minimum Gasteiger partial charge on any atom is -0.614 e. The Morgan fingerprint density at radius 2 is 1.82 bits per heavy atom. The molecule has 1 saturated heterocycles. The van der Waals surface area contributed by atoms with E-state index >= 15 is 0 Å². The molecule has 1 N–H and O–H groups in total. The van der Waals surface area contributed by atoms with Crippen molar-refractivity contribution in [2.45, 2.75) is 56.2 Å². The fourth-order valence-electron chi connectivity index (χ4n) is 3.77. The predicted octanol–water partition coefficient (Wildman–Crippen LogP) is 3.58. The van der Waals surface area contributed by atoms with Crippen LogP contribution < -0.4 is 5.32 Å². The summed E-state index contributed by atoms with van der Waals surface area (Å²) >= 11 is -1.28. The summed E-state index contributed by atoms with van der Waals surface area (Å²) in [4.78, 5) is 38.1. The summed E-state index contributed by atoms with van der Waals surface area (Å²) in [6.07, 6.45) is 2.69. The number of Topliss-reactive ketones (excluding diaryl/α,β-unsaturated/α-hetero) is 1. The lowest BCUT2D eigenvalue weighted by Crippen LogP contribution is -2.63. The average molecular weight is 473 g/mol. The summed E-state index contributed by atoms with van der Waals surface area (Å²) in [7, 11) is 0. The van der Waals surface area contributed by atoms with Crippen molar-refractivity contribution < 1.29 is 23.3 Å². The summed E-state index contributed by atoms with van der Waals surface area (Å²) in [5.74, 6) is -0.487. The van der Waals surface area contributed by atoms with E-state index in [-0.39, 0.29) is 29.8 Å². The van der Waals surface area contributed by atoms with Gasteiger partial charge in [0, 0.05) is 24.1 Å². The number of likely N-dealkylation sites (tertiary alicyclic amines) is 1. The van der Waals surface area contributed by atoms with Crippen LogP contribution in [0, 0.1) is 5.82 Å². The number of carbonyl (C=O) groups is 3. The fraction of sp³-hybridized carbons (Fsp3) is 0.400. The van der Waals surface area contributed by atoms with Gasteiger partial charge in [-0.25, -0.2) is 4.39 Å². The van der Waals surface area contributed by atoms with Crippen molar-refractivity contribution in [3.63, 3.8) is 0 Å². The quantitative estimate of drug-likeness (QED) is 0.221. The van der Waals surface area contributed by atoms with Crippen LogP contribution in [0.1, 0.15) is 54.9 Å². The number of unbranched alkanes of at least 4 members (excludes halogenated alkanes) is 2. The Morgan fingerprint density at radius 1 is 1.12 bits per heavy atom. The minimum atomic E-state index is -1.28. The summed E-state index contributed by atoms with van der Waals surface area (Å²) < 4.78 is 25.7. The molecule has 3 rings (SSSR count). The number of hydrogen-bond acceptors (Lipinski definition) is 4. The molecule has 176 valence electrons. The Labute approximate surface area is 196 Å². The lowest BCUT2D eigenvalue weighted by Gasteiger charge is -2.43. The first-order valence-electron chi connectivity index (χ1n) is 11.2. The molecule has 3 unspecified atom stereocenters. The van der Waals surface area contributed by atoms with E-state index in [0.29, 0.717) is 37.1 Å². The third-order valence-corrected chi connectivity index (χ3v) is 7.36. The molecule has 2 aromatic rings. The van der Waals surface area contributed by atoms with Gasteiger partial charge in [-0.15, -0.1) is 0 Å². The molecule has 0 aromatic heterocycles. The number of nitrogens with zero attached hydrogens (tertiary/aromatic N) is 1. The van der Waals surface area contributed by atoms with Gasteiger partial charge in [0.05, 0.1) is 6.42 Å². The Hall–Kier alpha value is -2.71. The van der Waals surface area contributed by atoms with E-state index in [1.165, 1.54) is 29.2 Å². The van der Waals surface area contributed by atoms with Gasteiger partial charge >= 0.3 is 0 Å². The second-order valence-corrected chi connectivity index (χ2v) is 9.77. The van der Waals surface area contributed by atoms with Gasteiger partial charge < -0.3 is 9.87 Å². The monoisotopic (exact) mass is 472 g/mol. The largest absolute Gasteiger partial charge is 0.614 e. The third-order valence-electron chi connectivity index (χ3n) is 5.75. The van der Waals surface area contributed by atoms with Gasteiger partial charge in [-0.1, -0.05) is 36.8 Å². The van der Waals surface area contributed by atoms with Gasteiger partial charge in [-0.05, 0) is 55.2 Å². The van der Waals surface area contributed by atoms with Crippen molar-refractivity contribution in [3.05, 3.63) is 71.5 Å². The maximum Gasteiger partial charge on any atom is 0.242 e. The molecule has 2 amide bonds. The number of hydrogen-bond donors (Lipinski definition) is 1. The van der Waals surface area contributed by atoms with Gasteiger partial charge in [0.1, 0.15) is 17.6 Å². The minimum absolute atomic E-state index is 0.0292. The highest BCUT2D eigenvalue weighted by atomic mass is 32.2. The molecular formula is C25H29FN2O4S. The van der Waals surface area contributed by atoms with Crippen LogP contribution in [0.25, 0.3) is 0 Å². The molecule has 33 heavy (non-hydrogen) atoms. The summed E-state index contributed by atoms with van der Waals surface area (Å²) in [6.45, 7) is 2.09. The number of benzene rings is 2. The lowest BCUT2D eigenvalue weighted by molar-refractivity contribution is -0.150. The maximum absolute atomic E-state index is 12.9. The van der Waals surface area contributed by atoms with Crippen LogP contribution in [0.15, 0.2) is 54.6 Å². The zero-order valence-electron chi connectivity index (χ0n) is 18.7. The van der Waals surface area contributed by atoms with Gasteiger partial charge in [0.2, 0.25) is 11.8 Å². The zero-order valence-corrected chi connectivity index (χ0v) is 19.5. The maximum atomic E-state index is 12.9. The number of rotatable bonds is 12. The van der Waals surface area contributed by atoms with Crippen molar-refractivity contribution in [1.82, 2.24) is 10.2 Å². The fourth-order valence-corrected chi connectivity index (χ4v) is 5.37.